The molecule has 5 rings (SSSR count). The quantitative estimate of drug-likeness (QED) is 0.220. The highest BCUT2D eigenvalue weighted by Gasteiger charge is 2.69. The first-order valence-electron chi connectivity index (χ1n) is 15.5. The van der Waals surface area contributed by atoms with Gasteiger partial charge in [-0.15, -0.1) is 0 Å². The molecule has 1 aromatic rings. The summed E-state index contributed by atoms with van der Waals surface area (Å²) in [4.78, 5) is 27.3. The van der Waals surface area contributed by atoms with E-state index in [1.165, 1.54) is 12.1 Å². The van der Waals surface area contributed by atoms with Crippen LogP contribution in [0.15, 0.2) is 12.1 Å². The molecule has 46 heavy (non-hydrogen) atoms. The van der Waals surface area contributed by atoms with Gasteiger partial charge in [0, 0.05) is 35.2 Å². The fraction of sp³-hybridized carbons (Fsp3) is 0.733. The Morgan fingerprint density at radius 3 is 2.52 bits per heavy atom. The Morgan fingerprint density at radius 2 is 1.87 bits per heavy atom. The van der Waals surface area contributed by atoms with Crippen LogP contribution in [0, 0.1) is 39.8 Å². The summed E-state index contributed by atoms with van der Waals surface area (Å²) in [5.74, 6) is -3.14. The minimum Gasteiger partial charge on any atom is -0.479 e. The van der Waals surface area contributed by atoms with Gasteiger partial charge in [-0.1, -0.05) is 33.8 Å². The number of nitrogens with one attached hydrogen (secondary N) is 1. The summed E-state index contributed by atoms with van der Waals surface area (Å²) in [6, 6.07) is 2.86. The maximum Gasteiger partial charge on any atom is 0.494 e. The predicted molar refractivity (Wildman–Crippen MR) is 165 cm³/mol. The molecule has 1 heterocycles. The van der Waals surface area contributed by atoms with E-state index in [1.807, 2.05) is 20.8 Å². The van der Waals surface area contributed by atoms with Crippen LogP contribution in [-0.4, -0.2) is 78.6 Å². The number of esters is 1. The van der Waals surface area contributed by atoms with Gasteiger partial charge in [0.05, 0.1) is 25.2 Å². The lowest BCUT2D eigenvalue weighted by Gasteiger charge is -2.62. The summed E-state index contributed by atoms with van der Waals surface area (Å²) < 4.78 is 90.2. The van der Waals surface area contributed by atoms with E-state index in [-0.39, 0.29) is 48.9 Å². The van der Waals surface area contributed by atoms with E-state index in [1.54, 1.807) is 6.92 Å². The van der Waals surface area contributed by atoms with Crippen molar-refractivity contribution in [3.8, 4) is 5.75 Å². The van der Waals surface area contributed by atoms with Gasteiger partial charge in [-0.25, -0.2) is 22.3 Å². The molecule has 12 nitrogen and oxygen atoms in total. The van der Waals surface area contributed by atoms with E-state index in [9.17, 15) is 31.4 Å². The number of hydrogen-bond donors (Lipinski definition) is 2. The number of ether oxygens (including phenoxy) is 2. The van der Waals surface area contributed by atoms with Crippen molar-refractivity contribution in [2.24, 2.45) is 34.0 Å². The fourth-order valence-electron chi connectivity index (χ4n) is 8.89. The summed E-state index contributed by atoms with van der Waals surface area (Å²) in [6.45, 7) is 6.63. The van der Waals surface area contributed by atoms with Crippen molar-refractivity contribution >= 4 is 44.5 Å². The van der Waals surface area contributed by atoms with Crippen LogP contribution < -0.4 is 14.9 Å². The monoisotopic (exact) mass is 687 g/mol. The lowest BCUT2D eigenvalue weighted by Crippen LogP contribution is -2.65. The van der Waals surface area contributed by atoms with Crippen molar-refractivity contribution in [2.45, 2.75) is 78.6 Å². The molecule has 16 heteroatoms. The normalized spacial score (nSPS) is 36.0. The van der Waals surface area contributed by atoms with Gasteiger partial charge in [-0.3, -0.25) is 8.98 Å². The Balaban J connectivity index is 1.54. The number of rotatable bonds is 9. The molecule has 1 aliphatic heterocycles. The third kappa shape index (κ3) is 6.25. The van der Waals surface area contributed by atoms with E-state index in [0.29, 0.717) is 24.8 Å². The number of sulfonamides is 1. The largest absolute Gasteiger partial charge is 0.494 e. The van der Waals surface area contributed by atoms with Crippen LogP contribution in [0.5, 0.6) is 5.75 Å². The van der Waals surface area contributed by atoms with Crippen molar-refractivity contribution in [3.63, 3.8) is 0 Å². The van der Waals surface area contributed by atoms with Crippen LogP contribution in [0.4, 0.5) is 4.39 Å². The average molecular weight is 688 g/mol. The van der Waals surface area contributed by atoms with E-state index in [2.05, 4.69) is 4.72 Å². The van der Waals surface area contributed by atoms with Crippen molar-refractivity contribution in [1.29, 1.82) is 0 Å². The lowest BCUT2D eigenvalue weighted by atomic mass is 9.44. The number of Topliss-reactive ketones (excluding diaryl/α,β-unsaturated/α-hetero) is 1. The van der Waals surface area contributed by atoms with E-state index < -0.39 is 85.9 Å². The van der Waals surface area contributed by atoms with Crippen LogP contribution in [0.3, 0.4) is 0 Å². The van der Waals surface area contributed by atoms with Crippen LogP contribution in [-0.2, 0) is 49.9 Å². The second kappa shape index (κ2) is 12.1. The lowest BCUT2D eigenvalue weighted by molar-refractivity contribution is -0.208. The standard InChI is InChI=1S/C30H43BFNO11S2/c1-17-9-11-30-12-10-20(34)26(30)29(17,4)22(13-28(3,16-33-45(5,37)38)27(18(30)2)44-46(6,39)40)43-23(35)15-41-21-8-7-19-14-42-31(36)24(19)25(21)32/h7-8,17-18,22,26-27,33,36H,9-16H2,1-6H3/t17-,18-,22+,26-,27-,28-,29-,30-/m0/s1. The number of fused-ring (bicyclic) bond motifs is 1. The van der Waals surface area contributed by atoms with Crippen LogP contribution in [0.1, 0.15) is 65.4 Å². The molecule has 2 N–H and O–H groups in total. The zero-order valence-electron chi connectivity index (χ0n) is 27.0. The van der Waals surface area contributed by atoms with Crippen LogP contribution in [0.25, 0.3) is 0 Å². The molecule has 0 radical (unpaired) electrons. The highest BCUT2D eigenvalue weighted by Crippen LogP contribution is 2.68. The maximum absolute atomic E-state index is 15.1. The maximum atomic E-state index is 15.1. The zero-order chi connectivity index (χ0) is 34.0. The Morgan fingerprint density at radius 1 is 1.17 bits per heavy atom. The number of carbonyl (C=O) groups is 2. The minimum atomic E-state index is -4.05. The SMILES string of the molecule is C[C@H]1[C@H](OS(C)(=O)=O)[C@](C)(CNS(C)(=O)=O)C[C@@H](OC(=O)COc2ccc3c(c2F)B(O)OC3)[C@@]2(C)[C@@H]3C(=O)CC[C@]31CC[C@@H]2C. The summed E-state index contributed by atoms with van der Waals surface area (Å²) in [5, 5.41) is 9.99. The minimum absolute atomic E-state index is 0.00940. The molecule has 3 saturated carbocycles. The Labute approximate surface area is 270 Å². The van der Waals surface area contributed by atoms with Crippen molar-refractivity contribution in [2.75, 3.05) is 25.7 Å². The highest BCUT2D eigenvalue weighted by atomic mass is 32.2. The summed E-state index contributed by atoms with van der Waals surface area (Å²) in [7, 11) is -9.24. The molecular formula is C30H43BFNO11S2. The molecule has 0 amide bonds. The first kappa shape index (κ1) is 35.2. The van der Waals surface area contributed by atoms with Gasteiger partial charge >= 0.3 is 13.1 Å². The van der Waals surface area contributed by atoms with E-state index in [0.717, 1.165) is 12.5 Å². The Bertz CT molecular complexity index is 1620. The predicted octanol–water partition coefficient (Wildman–Crippen LogP) is 1.68. The second-order valence-corrected chi connectivity index (χ2v) is 17.7. The molecular weight excluding hydrogens is 644 g/mol. The molecule has 3 fully saturated rings. The number of hydrogen-bond acceptors (Lipinski definition) is 11. The Kier molecular flexibility index (Phi) is 9.26. The number of halogens is 1. The third-order valence-corrected chi connectivity index (χ3v) is 12.6. The van der Waals surface area contributed by atoms with Crippen molar-refractivity contribution < 1.29 is 54.2 Å². The zero-order valence-corrected chi connectivity index (χ0v) is 28.6. The molecule has 0 saturated heterocycles. The topological polar surface area (TPSA) is 172 Å². The van der Waals surface area contributed by atoms with Gasteiger partial charge in [0.1, 0.15) is 11.9 Å². The molecule has 0 aromatic heterocycles. The van der Waals surface area contributed by atoms with Crippen molar-refractivity contribution in [3.05, 3.63) is 23.5 Å². The molecule has 4 aliphatic rings. The highest BCUT2D eigenvalue weighted by molar-refractivity contribution is 7.88. The number of carbonyl (C=O) groups excluding carboxylic acids is 2. The second-order valence-electron chi connectivity index (χ2n) is 14.3. The third-order valence-electron chi connectivity index (χ3n) is 11.4. The fourth-order valence-corrected chi connectivity index (χ4v) is 10.3. The summed E-state index contributed by atoms with van der Waals surface area (Å²) in [5.41, 5.74) is -2.41. The smallest absolute Gasteiger partial charge is 0.479 e. The first-order valence-corrected chi connectivity index (χ1v) is 19.2. The molecule has 3 aliphatic carbocycles. The average Bonchev–Trinajstić information content (AvgIpc) is 3.51. The van der Waals surface area contributed by atoms with Gasteiger partial charge in [0.15, 0.2) is 18.2 Å². The van der Waals surface area contributed by atoms with Gasteiger partial charge in [-0.05, 0) is 54.6 Å². The van der Waals surface area contributed by atoms with Gasteiger partial charge in [0.2, 0.25) is 10.0 Å². The van der Waals surface area contributed by atoms with E-state index in [4.69, 9.17) is 18.3 Å². The van der Waals surface area contributed by atoms with Gasteiger partial charge in [0.25, 0.3) is 10.1 Å². The summed E-state index contributed by atoms with van der Waals surface area (Å²) in [6.07, 6.45) is 1.92. The van der Waals surface area contributed by atoms with Gasteiger partial charge < -0.3 is 19.2 Å². The van der Waals surface area contributed by atoms with Crippen LogP contribution >= 0.6 is 0 Å². The molecule has 2 bridgehead atoms. The number of benzene rings is 1. The molecule has 0 spiro atoms. The van der Waals surface area contributed by atoms with E-state index >= 15 is 4.39 Å². The number of ketones is 1. The summed E-state index contributed by atoms with van der Waals surface area (Å²) >= 11 is 0. The van der Waals surface area contributed by atoms with Crippen molar-refractivity contribution in [1.82, 2.24) is 4.72 Å². The first-order chi connectivity index (χ1) is 21.2. The molecule has 8 atom stereocenters. The van der Waals surface area contributed by atoms with Crippen LogP contribution in [0.2, 0.25) is 0 Å². The van der Waals surface area contributed by atoms with Gasteiger partial charge in [-0.2, -0.15) is 8.42 Å². The molecule has 256 valence electrons. The Hall–Kier alpha value is -2.11. The molecule has 1 aromatic carbocycles. The molecule has 0 unspecified atom stereocenters.